The number of hydrogen-bond acceptors (Lipinski definition) is 5. The summed E-state index contributed by atoms with van der Waals surface area (Å²) in [6.07, 6.45) is 0.654. The number of nitro benzene ring substituents is 1. The normalized spacial score (nSPS) is 12.8. The van der Waals surface area contributed by atoms with Crippen molar-refractivity contribution in [2.75, 3.05) is 18.6 Å². The van der Waals surface area contributed by atoms with E-state index in [2.05, 4.69) is 0 Å². The van der Waals surface area contributed by atoms with Gasteiger partial charge in [-0.25, -0.2) is 0 Å². The summed E-state index contributed by atoms with van der Waals surface area (Å²) in [7, 11) is 1.52. The number of methoxy groups -OCH3 is 1. The lowest BCUT2D eigenvalue weighted by molar-refractivity contribution is -0.384. The molecule has 0 fully saturated rings. The molecule has 0 aliphatic carbocycles. The molecule has 0 unspecified atom stereocenters. The molecule has 136 valence electrons. The molecule has 7 nitrogen and oxygen atoms in total. The molecule has 1 aliphatic rings. The predicted molar refractivity (Wildman–Crippen MR) is 97.2 cm³/mol. The molecule has 1 aliphatic heterocycles. The Balaban J connectivity index is 1.92. The van der Waals surface area contributed by atoms with Gasteiger partial charge in [0, 0.05) is 24.2 Å². The zero-order valence-electron chi connectivity index (χ0n) is 14.9. The van der Waals surface area contributed by atoms with Crippen LogP contribution in [0.1, 0.15) is 29.8 Å². The van der Waals surface area contributed by atoms with Crippen LogP contribution in [-0.4, -0.2) is 30.6 Å². The Labute approximate surface area is 151 Å². The minimum Gasteiger partial charge on any atom is -0.493 e. The van der Waals surface area contributed by atoms with Crippen LogP contribution in [0.2, 0.25) is 0 Å². The number of hydrogen-bond donors (Lipinski definition) is 0. The van der Waals surface area contributed by atoms with Crippen LogP contribution in [0.3, 0.4) is 0 Å². The van der Waals surface area contributed by atoms with Crippen LogP contribution in [-0.2, 0) is 6.42 Å². The summed E-state index contributed by atoms with van der Waals surface area (Å²) in [6, 6.07) is 9.65. The molecule has 0 radical (unpaired) electrons. The maximum atomic E-state index is 13.0. The smallest absolute Gasteiger partial charge is 0.271 e. The zero-order chi connectivity index (χ0) is 18.8. The van der Waals surface area contributed by atoms with Gasteiger partial charge in [-0.2, -0.15) is 0 Å². The number of carbonyl (C=O) groups excluding carboxylic acids is 1. The molecule has 2 aromatic carbocycles. The third-order valence-corrected chi connectivity index (χ3v) is 4.19. The van der Waals surface area contributed by atoms with Crippen molar-refractivity contribution in [3.63, 3.8) is 0 Å². The highest BCUT2D eigenvalue weighted by molar-refractivity contribution is 6.07. The fourth-order valence-electron chi connectivity index (χ4n) is 3.00. The molecule has 7 heteroatoms. The predicted octanol–water partition coefficient (Wildman–Crippen LogP) is 3.59. The first-order valence-corrected chi connectivity index (χ1v) is 8.34. The molecule has 1 heterocycles. The summed E-state index contributed by atoms with van der Waals surface area (Å²) in [5, 5.41) is 11.0. The maximum Gasteiger partial charge on any atom is 0.271 e. The third kappa shape index (κ3) is 3.33. The van der Waals surface area contributed by atoms with Crippen LogP contribution in [0.25, 0.3) is 0 Å². The number of benzene rings is 2. The van der Waals surface area contributed by atoms with E-state index in [9.17, 15) is 14.9 Å². The fraction of sp³-hybridized carbons (Fsp3) is 0.316. The molecule has 0 saturated heterocycles. The molecule has 0 spiro atoms. The first-order valence-electron chi connectivity index (χ1n) is 8.34. The Morgan fingerprint density at radius 2 is 1.96 bits per heavy atom. The monoisotopic (exact) mass is 356 g/mol. The molecule has 0 atom stereocenters. The molecule has 26 heavy (non-hydrogen) atoms. The SMILES string of the molecule is COc1cc(C(=O)N2CCc3ccc([N+](=O)[O-])cc32)ccc1OC(C)C. The Bertz CT molecular complexity index is 863. The van der Waals surface area contributed by atoms with Gasteiger partial charge in [0.2, 0.25) is 0 Å². The molecule has 3 rings (SSSR count). The zero-order valence-corrected chi connectivity index (χ0v) is 14.9. The van der Waals surface area contributed by atoms with Crippen molar-refractivity contribution >= 4 is 17.3 Å². The lowest BCUT2D eigenvalue weighted by Gasteiger charge is -2.19. The van der Waals surface area contributed by atoms with Gasteiger partial charge in [-0.3, -0.25) is 14.9 Å². The van der Waals surface area contributed by atoms with E-state index >= 15 is 0 Å². The average molecular weight is 356 g/mol. The summed E-state index contributed by atoms with van der Waals surface area (Å²) in [4.78, 5) is 25.1. The largest absolute Gasteiger partial charge is 0.493 e. The Morgan fingerprint density at radius 3 is 2.62 bits per heavy atom. The van der Waals surface area contributed by atoms with Crippen LogP contribution in [0.15, 0.2) is 36.4 Å². The van der Waals surface area contributed by atoms with Gasteiger partial charge in [0.15, 0.2) is 11.5 Å². The van der Waals surface area contributed by atoms with Crippen molar-refractivity contribution in [2.24, 2.45) is 0 Å². The number of anilines is 1. The van der Waals surface area contributed by atoms with Gasteiger partial charge < -0.3 is 14.4 Å². The molecule has 0 aromatic heterocycles. The first kappa shape index (κ1) is 17.7. The second-order valence-corrected chi connectivity index (χ2v) is 6.31. The molecular formula is C19H20N2O5. The van der Waals surface area contributed by atoms with E-state index in [0.717, 1.165) is 5.56 Å². The van der Waals surface area contributed by atoms with Crippen molar-refractivity contribution in [1.82, 2.24) is 0 Å². The van der Waals surface area contributed by atoms with E-state index in [1.807, 2.05) is 13.8 Å². The van der Waals surface area contributed by atoms with Crippen LogP contribution in [0.5, 0.6) is 11.5 Å². The number of carbonyl (C=O) groups is 1. The molecule has 2 aromatic rings. The van der Waals surface area contributed by atoms with Crippen molar-refractivity contribution in [3.05, 3.63) is 57.6 Å². The van der Waals surface area contributed by atoms with E-state index in [4.69, 9.17) is 9.47 Å². The minimum atomic E-state index is -0.456. The van der Waals surface area contributed by atoms with Gasteiger partial charge in [0.05, 0.1) is 23.8 Å². The number of fused-ring (bicyclic) bond motifs is 1. The topological polar surface area (TPSA) is 81.9 Å². The number of nitro groups is 1. The summed E-state index contributed by atoms with van der Waals surface area (Å²) in [5.41, 5.74) is 1.93. The molecule has 0 N–H and O–H groups in total. The number of ether oxygens (including phenoxy) is 2. The second-order valence-electron chi connectivity index (χ2n) is 6.31. The van der Waals surface area contributed by atoms with Crippen molar-refractivity contribution in [3.8, 4) is 11.5 Å². The Kier molecular flexibility index (Phi) is 4.79. The fourth-order valence-corrected chi connectivity index (χ4v) is 3.00. The number of non-ortho nitro benzene ring substituents is 1. The first-order chi connectivity index (χ1) is 12.4. The minimum absolute atomic E-state index is 0.0172. The van der Waals surface area contributed by atoms with Crippen molar-refractivity contribution in [2.45, 2.75) is 26.4 Å². The molecule has 0 bridgehead atoms. The number of nitrogens with zero attached hydrogens (tertiary/aromatic N) is 2. The van der Waals surface area contributed by atoms with Crippen LogP contribution < -0.4 is 14.4 Å². The maximum absolute atomic E-state index is 13.0. The van der Waals surface area contributed by atoms with Crippen molar-refractivity contribution in [1.29, 1.82) is 0 Å². The second kappa shape index (κ2) is 7.03. The van der Waals surface area contributed by atoms with E-state index in [1.165, 1.54) is 19.2 Å². The standard InChI is InChI=1S/C19H20N2O5/c1-12(2)26-17-7-5-14(10-18(17)25-3)19(22)20-9-8-13-4-6-15(21(23)24)11-16(13)20/h4-7,10-12H,8-9H2,1-3H3. The summed E-state index contributed by atoms with van der Waals surface area (Å²) < 4.78 is 11.0. The highest BCUT2D eigenvalue weighted by atomic mass is 16.6. The van der Waals surface area contributed by atoms with Crippen LogP contribution >= 0.6 is 0 Å². The van der Waals surface area contributed by atoms with Gasteiger partial charge in [-0.05, 0) is 44.0 Å². The highest BCUT2D eigenvalue weighted by Gasteiger charge is 2.28. The van der Waals surface area contributed by atoms with E-state index in [1.54, 1.807) is 29.2 Å². The van der Waals surface area contributed by atoms with E-state index in [-0.39, 0.29) is 17.7 Å². The average Bonchev–Trinajstić information content (AvgIpc) is 3.04. The van der Waals surface area contributed by atoms with Gasteiger partial charge in [0.25, 0.3) is 11.6 Å². The lowest BCUT2D eigenvalue weighted by Crippen LogP contribution is -2.29. The lowest BCUT2D eigenvalue weighted by atomic mass is 10.1. The molecule has 0 saturated carbocycles. The highest BCUT2D eigenvalue weighted by Crippen LogP contribution is 2.34. The summed E-state index contributed by atoms with van der Waals surface area (Å²) in [5.74, 6) is 0.818. The van der Waals surface area contributed by atoms with Gasteiger partial charge in [0.1, 0.15) is 0 Å². The molecular weight excluding hydrogens is 336 g/mol. The number of amides is 1. The van der Waals surface area contributed by atoms with Crippen LogP contribution in [0, 0.1) is 10.1 Å². The van der Waals surface area contributed by atoms with Gasteiger partial charge >= 0.3 is 0 Å². The Hall–Kier alpha value is -3.09. The number of rotatable bonds is 5. The Morgan fingerprint density at radius 1 is 1.19 bits per heavy atom. The van der Waals surface area contributed by atoms with E-state index < -0.39 is 4.92 Å². The third-order valence-electron chi connectivity index (χ3n) is 4.19. The summed E-state index contributed by atoms with van der Waals surface area (Å²) in [6.45, 7) is 4.31. The van der Waals surface area contributed by atoms with Gasteiger partial charge in [-0.15, -0.1) is 0 Å². The molecule has 1 amide bonds. The summed E-state index contributed by atoms with van der Waals surface area (Å²) >= 11 is 0. The van der Waals surface area contributed by atoms with Crippen molar-refractivity contribution < 1.29 is 19.2 Å². The van der Waals surface area contributed by atoms with E-state index in [0.29, 0.717) is 35.7 Å². The quantitative estimate of drug-likeness (QED) is 0.604. The van der Waals surface area contributed by atoms with Crippen LogP contribution in [0.4, 0.5) is 11.4 Å². The van der Waals surface area contributed by atoms with Gasteiger partial charge in [-0.1, -0.05) is 6.07 Å².